The molecule has 1 aliphatic carbocycles. The average molecular weight is 680 g/mol. The lowest BCUT2D eigenvalue weighted by molar-refractivity contribution is -0.144. The van der Waals surface area contributed by atoms with E-state index in [1.807, 2.05) is 68.5 Å². The molecule has 0 saturated carbocycles. The van der Waals surface area contributed by atoms with Crippen LogP contribution in [0.1, 0.15) is 60.1 Å². The molecule has 0 radical (unpaired) electrons. The maximum absolute atomic E-state index is 14.2. The van der Waals surface area contributed by atoms with Crippen LogP contribution in [-0.4, -0.2) is 87.5 Å². The van der Waals surface area contributed by atoms with Gasteiger partial charge in [0, 0.05) is 44.9 Å². The summed E-state index contributed by atoms with van der Waals surface area (Å²) in [7, 11) is 1.58. The molecule has 6 rings (SSSR count). The fourth-order valence-electron chi connectivity index (χ4n) is 8.38. The van der Waals surface area contributed by atoms with Gasteiger partial charge in [-0.05, 0) is 115 Å². The number of carbonyl (C=O) groups is 2. The third-order valence-corrected chi connectivity index (χ3v) is 10.8. The Morgan fingerprint density at radius 3 is 2.36 bits per heavy atom. The minimum atomic E-state index is -0.966. The van der Waals surface area contributed by atoms with Crippen LogP contribution in [0.25, 0.3) is 11.6 Å². The molecule has 0 unspecified atom stereocenters. The number of methoxy groups -OCH3 is 1. The van der Waals surface area contributed by atoms with E-state index in [9.17, 15) is 24.9 Å². The van der Waals surface area contributed by atoms with Crippen LogP contribution in [0.5, 0.6) is 5.75 Å². The molecular weight excluding hydrogens is 630 g/mol. The zero-order valence-corrected chi connectivity index (χ0v) is 29.3. The number of allylic oxidation sites excluding steroid dienone is 1. The van der Waals surface area contributed by atoms with Gasteiger partial charge in [-0.1, -0.05) is 36.4 Å². The predicted octanol–water partition coefficient (Wildman–Crippen LogP) is 5.31. The number of ether oxygens (including phenoxy) is 1. The molecule has 3 aliphatic rings. The Bertz CT molecular complexity index is 1710. The number of aliphatic hydroxyl groups is 2. The van der Waals surface area contributed by atoms with Crippen LogP contribution in [0.4, 0.5) is 0 Å². The van der Waals surface area contributed by atoms with Crippen molar-refractivity contribution < 1.29 is 29.6 Å². The first kappa shape index (κ1) is 35.7. The Morgan fingerprint density at radius 2 is 1.72 bits per heavy atom. The Labute approximate surface area is 294 Å². The lowest BCUT2D eigenvalue weighted by Gasteiger charge is -2.37. The summed E-state index contributed by atoms with van der Waals surface area (Å²) in [5, 5.41) is 33.0. The summed E-state index contributed by atoms with van der Waals surface area (Å²) < 4.78 is 5.57. The number of piperidine rings is 1. The quantitative estimate of drug-likeness (QED) is 0.174. The maximum atomic E-state index is 14.2. The van der Waals surface area contributed by atoms with Gasteiger partial charge in [0.25, 0.3) is 0 Å². The molecule has 2 aromatic carbocycles. The van der Waals surface area contributed by atoms with Gasteiger partial charge in [0.1, 0.15) is 5.75 Å². The summed E-state index contributed by atoms with van der Waals surface area (Å²) in [4.78, 5) is 36.6. The Morgan fingerprint density at radius 1 is 1.02 bits per heavy atom. The van der Waals surface area contributed by atoms with Crippen LogP contribution in [0.15, 0.2) is 78.0 Å². The van der Waals surface area contributed by atoms with Gasteiger partial charge in [-0.2, -0.15) is 0 Å². The number of amides is 2. The third kappa shape index (κ3) is 7.47. The summed E-state index contributed by atoms with van der Waals surface area (Å²) in [5.41, 5.74) is 6.80. The molecule has 2 amide bonds. The van der Waals surface area contributed by atoms with Crippen molar-refractivity contribution in [2.75, 3.05) is 33.4 Å². The first-order valence-corrected chi connectivity index (χ1v) is 17.7. The van der Waals surface area contributed by atoms with Crippen molar-refractivity contribution in [3.8, 4) is 5.75 Å². The molecule has 9 nitrogen and oxygen atoms in total. The molecule has 9 heteroatoms. The smallest absolute Gasteiger partial charge is 0.234 e. The number of phenolic OH excluding ortho intramolecular Hbond substituents is 1. The molecule has 2 aliphatic heterocycles. The third-order valence-electron chi connectivity index (χ3n) is 10.8. The number of imide groups is 1. The Hall–Kier alpha value is -4.15. The standard InChI is InChI=1S/C41H49N3O6/c1-26-19-29(20-27(2)39(26)47)21-30(35-11-7-8-16-42-35)12-13-36(46)37-31(25-50-3)22-33-38(34(37)24-45)41(49)44(40(33)48)32-14-17-43(18-15-32)23-28-9-5-4-6-10-28/h4-11,16,19-21,32-34,36,38,45-47H,12-15,17-18,22-25H2,1-3H3/b30-21-/t33-,34+,36-,38-/m1/s1. The minimum Gasteiger partial charge on any atom is -0.507 e. The van der Waals surface area contributed by atoms with Gasteiger partial charge in [0.2, 0.25) is 11.8 Å². The monoisotopic (exact) mass is 679 g/mol. The molecule has 4 atom stereocenters. The van der Waals surface area contributed by atoms with E-state index in [2.05, 4.69) is 22.0 Å². The maximum Gasteiger partial charge on any atom is 0.234 e. The number of aliphatic hydroxyl groups excluding tert-OH is 2. The normalized spacial score (nSPS) is 22.7. The second kappa shape index (κ2) is 15.8. The number of fused-ring (bicyclic) bond motifs is 1. The van der Waals surface area contributed by atoms with Crippen LogP contribution in [-0.2, 0) is 20.9 Å². The van der Waals surface area contributed by atoms with E-state index in [0.29, 0.717) is 37.7 Å². The van der Waals surface area contributed by atoms with E-state index >= 15 is 0 Å². The summed E-state index contributed by atoms with van der Waals surface area (Å²) in [5.74, 6) is -2.09. The van der Waals surface area contributed by atoms with Gasteiger partial charge < -0.3 is 20.1 Å². The van der Waals surface area contributed by atoms with E-state index in [4.69, 9.17) is 4.74 Å². The highest BCUT2D eigenvalue weighted by atomic mass is 16.5. The van der Waals surface area contributed by atoms with Gasteiger partial charge in [0.05, 0.1) is 36.8 Å². The number of hydrogen-bond donors (Lipinski definition) is 3. The number of aromatic hydroxyl groups is 1. The zero-order valence-electron chi connectivity index (χ0n) is 29.3. The number of likely N-dealkylation sites (tertiary alicyclic amines) is 2. The molecule has 0 spiro atoms. The molecule has 50 heavy (non-hydrogen) atoms. The number of hydrogen-bond acceptors (Lipinski definition) is 8. The molecule has 0 bridgehead atoms. The summed E-state index contributed by atoms with van der Waals surface area (Å²) in [6.07, 6.45) is 5.33. The number of carbonyl (C=O) groups excluding carboxylic acids is 2. The predicted molar refractivity (Wildman–Crippen MR) is 193 cm³/mol. The number of rotatable bonds is 12. The number of nitrogens with zero attached hydrogens (tertiary/aromatic N) is 3. The van der Waals surface area contributed by atoms with E-state index in [1.165, 1.54) is 10.5 Å². The second-order valence-electron chi connectivity index (χ2n) is 14.1. The highest BCUT2D eigenvalue weighted by molar-refractivity contribution is 6.06. The zero-order chi connectivity index (χ0) is 35.4. The van der Waals surface area contributed by atoms with Crippen molar-refractivity contribution in [2.45, 2.75) is 64.6 Å². The van der Waals surface area contributed by atoms with Gasteiger partial charge in [-0.3, -0.25) is 24.4 Å². The van der Waals surface area contributed by atoms with E-state index < -0.39 is 23.9 Å². The molecule has 1 aromatic heterocycles. The molecule has 3 N–H and O–H groups in total. The van der Waals surface area contributed by atoms with E-state index in [-0.39, 0.29) is 36.8 Å². The van der Waals surface area contributed by atoms with E-state index in [0.717, 1.165) is 53.2 Å². The number of aromatic nitrogens is 1. The highest BCUT2D eigenvalue weighted by Gasteiger charge is 2.56. The van der Waals surface area contributed by atoms with Crippen LogP contribution in [0.3, 0.4) is 0 Å². The minimum absolute atomic E-state index is 0.165. The van der Waals surface area contributed by atoms with Crippen molar-refractivity contribution in [3.05, 3.63) is 106 Å². The fraction of sp³-hybridized carbons (Fsp3) is 0.439. The van der Waals surface area contributed by atoms with Crippen molar-refractivity contribution in [3.63, 3.8) is 0 Å². The Kier molecular flexibility index (Phi) is 11.3. The SMILES string of the molecule is COCC1=C([C@H](O)CC/C(=C/c2cc(C)c(O)c(C)c2)c2ccccn2)[C@H](CO)[C@@H]2C(=O)N(C3CCN(Cc4ccccc4)CC3)C(=O)[C@@H]2C1. The van der Waals surface area contributed by atoms with Crippen LogP contribution < -0.4 is 0 Å². The fourth-order valence-corrected chi connectivity index (χ4v) is 8.38. The molecule has 2 fully saturated rings. The lowest BCUT2D eigenvalue weighted by atomic mass is 9.68. The van der Waals surface area contributed by atoms with Gasteiger partial charge >= 0.3 is 0 Å². The lowest BCUT2D eigenvalue weighted by Crippen LogP contribution is -2.47. The molecule has 264 valence electrons. The molecular formula is C41H49N3O6. The number of phenols is 1. The Balaban J connectivity index is 1.20. The molecule has 3 heterocycles. The van der Waals surface area contributed by atoms with E-state index in [1.54, 1.807) is 13.3 Å². The first-order chi connectivity index (χ1) is 24.2. The van der Waals surface area contributed by atoms with Gasteiger partial charge in [-0.15, -0.1) is 0 Å². The summed E-state index contributed by atoms with van der Waals surface area (Å²) in [6, 6.07) is 19.7. The topological polar surface area (TPSA) is 123 Å². The highest BCUT2D eigenvalue weighted by Crippen LogP contribution is 2.47. The summed E-state index contributed by atoms with van der Waals surface area (Å²) >= 11 is 0. The van der Waals surface area contributed by atoms with Crippen molar-refractivity contribution >= 4 is 23.5 Å². The van der Waals surface area contributed by atoms with Crippen LogP contribution in [0.2, 0.25) is 0 Å². The van der Waals surface area contributed by atoms with Crippen molar-refractivity contribution in [2.24, 2.45) is 17.8 Å². The first-order valence-electron chi connectivity index (χ1n) is 17.7. The van der Waals surface area contributed by atoms with Crippen molar-refractivity contribution in [1.29, 1.82) is 0 Å². The van der Waals surface area contributed by atoms with Crippen LogP contribution in [0, 0.1) is 31.6 Å². The molecule has 2 saturated heterocycles. The number of aryl methyl sites for hydroxylation is 2. The number of benzene rings is 2. The number of pyridine rings is 1. The van der Waals surface area contributed by atoms with Gasteiger partial charge in [-0.25, -0.2) is 0 Å². The average Bonchev–Trinajstić information content (AvgIpc) is 3.37. The largest absolute Gasteiger partial charge is 0.507 e. The van der Waals surface area contributed by atoms with Crippen molar-refractivity contribution in [1.82, 2.24) is 14.8 Å². The second-order valence-corrected chi connectivity index (χ2v) is 14.1. The molecule has 3 aromatic rings. The summed E-state index contributed by atoms with van der Waals surface area (Å²) in [6.45, 7) is 6.01. The van der Waals surface area contributed by atoms with Gasteiger partial charge in [0.15, 0.2) is 0 Å². The van der Waals surface area contributed by atoms with Crippen LogP contribution >= 0.6 is 0 Å².